The predicted molar refractivity (Wildman–Crippen MR) is 60.0 cm³/mol. The summed E-state index contributed by atoms with van der Waals surface area (Å²) < 4.78 is 6.48. The van der Waals surface area contributed by atoms with Crippen LogP contribution in [0.2, 0.25) is 0 Å². The number of rotatable bonds is 3. The molecule has 6 heteroatoms. The highest BCUT2D eigenvalue weighted by molar-refractivity contribution is 5.92. The van der Waals surface area contributed by atoms with Crippen molar-refractivity contribution in [2.45, 2.75) is 0 Å². The fourth-order valence-corrected chi connectivity index (χ4v) is 1.57. The molecule has 0 atom stereocenters. The van der Waals surface area contributed by atoms with Gasteiger partial charge in [0.1, 0.15) is 11.4 Å². The quantitative estimate of drug-likeness (QED) is 0.861. The molecule has 1 aromatic carbocycles. The Bertz CT molecular complexity index is 546. The molecule has 0 fully saturated rings. The van der Waals surface area contributed by atoms with Crippen molar-refractivity contribution in [3.8, 4) is 17.0 Å². The maximum absolute atomic E-state index is 11.0. The predicted octanol–water partition coefficient (Wildman–Crippen LogP) is 1.19. The van der Waals surface area contributed by atoms with Gasteiger partial charge < -0.3 is 9.84 Å². The van der Waals surface area contributed by atoms with Gasteiger partial charge in [0.15, 0.2) is 5.69 Å². The summed E-state index contributed by atoms with van der Waals surface area (Å²) in [7, 11) is 3.22. The zero-order valence-corrected chi connectivity index (χ0v) is 9.41. The van der Waals surface area contributed by atoms with Gasteiger partial charge in [-0.1, -0.05) is 5.21 Å². The van der Waals surface area contributed by atoms with Crippen LogP contribution in [0, 0.1) is 0 Å². The highest BCUT2D eigenvalue weighted by atomic mass is 16.5. The van der Waals surface area contributed by atoms with E-state index >= 15 is 0 Å². The summed E-state index contributed by atoms with van der Waals surface area (Å²) >= 11 is 0. The average molecular weight is 233 g/mol. The molecule has 0 saturated carbocycles. The third-order valence-electron chi connectivity index (χ3n) is 2.39. The van der Waals surface area contributed by atoms with Crippen molar-refractivity contribution in [1.29, 1.82) is 0 Å². The van der Waals surface area contributed by atoms with Crippen LogP contribution in [0.1, 0.15) is 10.5 Å². The number of aromatic nitrogens is 3. The molecule has 0 unspecified atom stereocenters. The second-order valence-corrected chi connectivity index (χ2v) is 3.44. The largest absolute Gasteiger partial charge is 0.497 e. The molecule has 6 nitrogen and oxygen atoms in total. The molecule has 0 saturated heterocycles. The number of benzene rings is 1. The van der Waals surface area contributed by atoms with Crippen LogP contribution in [0.25, 0.3) is 11.3 Å². The van der Waals surface area contributed by atoms with E-state index in [0.29, 0.717) is 11.4 Å². The Morgan fingerprint density at radius 2 is 2.00 bits per heavy atom. The van der Waals surface area contributed by atoms with Gasteiger partial charge in [0.2, 0.25) is 0 Å². The molecule has 0 aliphatic rings. The average Bonchev–Trinajstić information content (AvgIpc) is 2.71. The number of carboxylic acids is 1. The van der Waals surface area contributed by atoms with E-state index in [1.165, 1.54) is 4.68 Å². The van der Waals surface area contributed by atoms with E-state index in [-0.39, 0.29) is 5.69 Å². The van der Waals surface area contributed by atoms with Crippen LogP contribution in [0.3, 0.4) is 0 Å². The van der Waals surface area contributed by atoms with Gasteiger partial charge in [0.25, 0.3) is 0 Å². The maximum Gasteiger partial charge on any atom is 0.358 e. The molecule has 0 spiro atoms. The van der Waals surface area contributed by atoms with Crippen molar-refractivity contribution >= 4 is 5.97 Å². The summed E-state index contributed by atoms with van der Waals surface area (Å²) in [5.74, 6) is -0.385. The van der Waals surface area contributed by atoms with Crippen molar-refractivity contribution in [1.82, 2.24) is 15.0 Å². The van der Waals surface area contributed by atoms with E-state index in [1.54, 1.807) is 38.4 Å². The minimum atomic E-state index is -1.09. The number of carboxylic acid groups (broad SMARTS) is 1. The number of methoxy groups -OCH3 is 1. The van der Waals surface area contributed by atoms with Gasteiger partial charge in [-0.3, -0.25) is 0 Å². The number of aryl methyl sites for hydroxylation is 1. The van der Waals surface area contributed by atoms with Crippen LogP contribution in [-0.4, -0.2) is 33.2 Å². The fourth-order valence-electron chi connectivity index (χ4n) is 1.57. The standard InChI is InChI=1S/C11H11N3O3/c1-14-10(9(11(15)16)12-13-14)7-3-5-8(17-2)6-4-7/h3-6H,1-2H3,(H,15,16). The number of hydrogen-bond acceptors (Lipinski definition) is 4. The van der Waals surface area contributed by atoms with Crippen molar-refractivity contribution in [3.05, 3.63) is 30.0 Å². The van der Waals surface area contributed by atoms with E-state index in [4.69, 9.17) is 9.84 Å². The summed E-state index contributed by atoms with van der Waals surface area (Å²) in [6, 6.07) is 7.05. The molecule has 2 aromatic rings. The third kappa shape index (κ3) is 1.96. The van der Waals surface area contributed by atoms with Gasteiger partial charge in [-0.2, -0.15) is 0 Å². The summed E-state index contributed by atoms with van der Waals surface area (Å²) in [6.07, 6.45) is 0. The van der Waals surface area contributed by atoms with Crippen LogP contribution in [0.15, 0.2) is 24.3 Å². The van der Waals surface area contributed by atoms with Gasteiger partial charge in [-0.25, -0.2) is 9.48 Å². The number of carbonyl (C=O) groups is 1. The third-order valence-corrected chi connectivity index (χ3v) is 2.39. The number of hydrogen-bond donors (Lipinski definition) is 1. The molecule has 88 valence electrons. The second kappa shape index (κ2) is 4.25. The molecule has 2 rings (SSSR count). The second-order valence-electron chi connectivity index (χ2n) is 3.44. The summed E-state index contributed by atoms with van der Waals surface area (Å²) in [4.78, 5) is 11.0. The van der Waals surface area contributed by atoms with Crippen molar-refractivity contribution in [2.75, 3.05) is 7.11 Å². The smallest absolute Gasteiger partial charge is 0.358 e. The molecule has 1 N–H and O–H groups in total. The molecular formula is C11H11N3O3. The highest BCUT2D eigenvalue weighted by Gasteiger charge is 2.18. The van der Waals surface area contributed by atoms with Gasteiger partial charge in [-0.15, -0.1) is 5.10 Å². The first-order valence-corrected chi connectivity index (χ1v) is 4.91. The van der Waals surface area contributed by atoms with E-state index in [2.05, 4.69) is 10.3 Å². The van der Waals surface area contributed by atoms with E-state index < -0.39 is 5.97 Å². The van der Waals surface area contributed by atoms with Gasteiger partial charge in [-0.05, 0) is 24.3 Å². The van der Waals surface area contributed by atoms with Crippen LogP contribution in [0.5, 0.6) is 5.75 Å². The number of aromatic carboxylic acids is 1. The minimum Gasteiger partial charge on any atom is -0.497 e. The Labute approximate surface area is 97.4 Å². The molecule has 0 bridgehead atoms. The lowest BCUT2D eigenvalue weighted by atomic mass is 10.1. The van der Waals surface area contributed by atoms with Gasteiger partial charge >= 0.3 is 5.97 Å². The number of nitrogens with zero attached hydrogens (tertiary/aromatic N) is 3. The lowest BCUT2D eigenvalue weighted by molar-refractivity contribution is 0.0691. The molecule has 17 heavy (non-hydrogen) atoms. The van der Waals surface area contributed by atoms with Crippen LogP contribution < -0.4 is 4.74 Å². The summed E-state index contributed by atoms with van der Waals surface area (Å²) in [5, 5.41) is 16.3. The summed E-state index contributed by atoms with van der Waals surface area (Å²) in [6.45, 7) is 0. The van der Waals surface area contributed by atoms with Crippen LogP contribution >= 0.6 is 0 Å². The Kier molecular flexibility index (Phi) is 2.78. The Hall–Kier alpha value is -2.37. The first-order chi connectivity index (χ1) is 8.13. The Balaban J connectivity index is 2.51. The normalized spacial score (nSPS) is 10.2. The molecule has 0 aliphatic heterocycles. The SMILES string of the molecule is COc1ccc(-c2c(C(=O)O)nnn2C)cc1. The molecule has 1 heterocycles. The monoisotopic (exact) mass is 233 g/mol. The fraction of sp³-hybridized carbons (Fsp3) is 0.182. The van der Waals surface area contributed by atoms with Crippen LogP contribution in [0.4, 0.5) is 0 Å². The first kappa shape index (κ1) is 11.1. The molecule has 0 radical (unpaired) electrons. The van der Waals surface area contributed by atoms with Crippen molar-refractivity contribution < 1.29 is 14.6 Å². The Morgan fingerprint density at radius 3 is 2.53 bits per heavy atom. The first-order valence-electron chi connectivity index (χ1n) is 4.91. The lowest BCUT2D eigenvalue weighted by Gasteiger charge is -2.04. The maximum atomic E-state index is 11.0. The van der Waals surface area contributed by atoms with Crippen molar-refractivity contribution in [2.24, 2.45) is 7.05 Å². The lowest BCUT2D eigenvalue weighted by Crippen LogP contribution is -2.01. The topological polar surface area (TPSA) is 77.2 Å². The highest BCUT2D eigenvalue weighted by Crippen LogP contribution is 2.23. The zero-order valence-electron chi connectivity index (χ0n) is 9.41. The molecule has 1 aromatic heterocycles. The zero-order chi connectivity index (χ0) is 12.4. The molecule has 0 aliphatic carbocycles. The minimum absolute atomic E-state index is 0.0577. The molecule has 0 amide bonds. The Morgan fingerprint density at radius 1 is 1.35 bits per heavy atom. The van der Waals surface area contributed by atoms with E-state index in [1.807, 2.05) is 0 Å². The van der Waals surface area contributed by atoms with E-state index in [0.717, 1.165) is 5.56 Å². The summed E-state index contributed by atoms with van der Waals surface area (Å²) in [5.41, 5.74) is 1.15. The number of ether oxygens (including phenoxy) is 1. The van der Waals surface area contributed by atoms with Crippen molar-refractivity contribution in [3.63, 3.8) is 0 Å². The van der Waals surface area contributed by atoms with E-state index in [9.17, 15) is 4.79 Å². The van der Waals surface area contributed by atoms with Gasteiger partial charge in [0, 0.05) is 12.6 Å². The van der Waals surface area contributed by atoms with Crippen LogP contribution in [-0.2, 0) is 7.05 Å². The van der Waals surface area contributed by atoms with Gasteiger partial charge in [0.05, 0.1) is 7.11 Å². The molecular weight excluding hydrogens is 222 g/mol.